The molecule has 0 unspecified atom stereocenters. The fourth-order valence-electron chi connectivity index (χ4n) is 2.11. The normalized spacial score (nSPS) is 11.0. The molecule has 0 saturated carbocycles. The second-order valence-corrected chi connectivity index (χ2v) is 4.64. The van der Waals surface area contributed by atoms with Gasteiger partial charge in [-0.15, -0.1) is 0 Å². The average molecular weight is 279 g/mol. The summed E-state index contributed by atoms with van der Waals surface area (Å²) in [7, 11) is 0. The van der Waals surface area contributed by atoms with Crippen molar-refractivity contribution in [3.63, 3.8) is 0 Å². The minimum atomic E-state index is -0.421. The van der Waals surface area contributed by atoms with Crippen molar-refractivity contribution < 1.29 is 8.78 Å². The third-order valence-electron chi connectivity index (χ3n) is 3.21. The SMILES string of the molecule is CCc1cc(CNCc2cc(F)ccc2F)n(CC)n1. The van der Waals surface area contributed by atoms with Crippen LogP contribution < -0.4 is 5.32 Å². The number of nitrogens with one attached hydrogen (secondary N) is 1. The molecular weight excluding hydrogens is 260 g/mol. The van der Waals surface area contributed by atoms with E-state index in [0.29, 0.717) is 18.7 Å². The smallest absolute Gasteiger partial charge is 0.127 e. The zero-order valence-corrected chi connectivity index (χ0v) is 11.8. The molecule has 0 atom stereocenters. The Morgan fingerprint density at radius 1 is 1.15 bits per heavy atom. The van der Waals surface area contributed by atoms with E-state index in [1.807, 2.05) is 17.7 Å². The highest BCUT2D eigenvalue weighted by Crippen LogP contribution is 2.10. The third kappa shape index (κ3) is 3.42. The lowest BCUT2D eigenvalue weighted by Crippen LogP contribution is -2.17. The van der Waals surface area contributed by atoms with Gasteiger partial charge in [0.25, 0.3) is 0 Å². The number of rotatable bonds is 6. The Bertz CT molecular complexity index is 578. The summed E-state index contributed by atoms with van der Waals surface area (Å²) in [6.45, 7) is 5.76. The van der Waals surface area contributed by atoms with Gasteiger partial charge >= 0.3 is 0 Å². The van der Waals surface area contributed by atoms with Crippen LogP contribution in [0.15, 0.2) is 24.3 Å². The second-order valence-electron chi connectivity index (χ2n) is 4.64. The number of nitrogens with zero attached hydrogens (tertiary/aromatic N) is 2. The minimum Gasteiger partial charge on any atom is -0.307 e. The monoisotopic (exact) mass is 279 g/mol. The first-order chi connectivity index (χ1) is 9.63. The van der Waals surface area contributed by atoms with Crippen LogP contribution in [0.4, 0.5) is 8.78 Å². The van der Waals surface area contributed by atoms with Gasteiger partial charge in [-0.05, 0) is 37.6 Å². The van der Waals surface area contributed by atoms with Crippen LogP contribution in [-0.2, 0) is 26.1 Å². The zero-order valence-electron chi connectivity index (χ0n) is 11.8. The number of hydrogen-bond acceptors (Lipinski definition) is 2. The molecule has 0 aliphatic carbocycles. The molecule has 0 spiro atoms. The first-order valence-electron chi connectivity index (χ1n) is 6.84. The molecular formula is C15H19F2N3. The van der Waals surface area contributed by atoms with E-state index in [4.69, 9.17) is 0 Å². The van der Waals surface area contributed by atoms with Crippen LogP contribution >= 0.6 is 0 Å². The summed E-state index contributed by atoms with van der Waals surface area (Å²) in [5, 5.41) is 7.58. The van der Waals surface area contributed by atoms with Crippen molar-refractivity contribution in [2.24, 2.45) is 0 Å². The van der Waals surface area contributed by atoms with E-state index < -0.39 is 11.6 Å². The highest BCUT2D eigenvalue weighted by Gasteiger charge is 2.07. The molecule has 0 saturated heterocycles. The number of halogens is 2. The standard InChI is InChI=1S/C15H19F2N3/c1-3-13-8-14(20(4-2)19-13)10-18-9-11-7-12(16)5-6-15(11)17/h5-8,18H,3-4,9-10H2,1-2H3. The highest BCUT2D eigenvalue weighted by atomic mass is 19.1. The molecule has 1 aromatic carbocycles. The van der Waals surface area contributed by atoms with Crippen LogP contribution in [0.25, 0.3) is 0 Å². The lowest BCUT2D eigenvalue weighted by atomic mass is 10.2. The molecule has 0 aliphatic heterocycles. The van der Waals surface area contributed by atoms with Gasteiger partial charge in [0, 0.05) is 25.2 Å². The van der Waals surface area contributed by atoms with Gasteiger partial charge in [0.05, 0.1) is 11.4 Å². The summed E-state index contributed by atoms with van der Waals surface area (Å²) in [5.74, 6) is -0.813. The summed E-state index contributed by atoms with van der Waals surface area (Å²) >= 11 is 0. The molecule has 0 aliphatic rings. The van der Waals surface area contributed by atoms with Crippen molar-refractivity contribution in [1.29, 1.82) is 0 Å². The Labute approximate surface area is 117 Å². The Balaban J connectivity index is 1.99. The molecule has 1 N–H and O–H groups in total. The highest BCUT2D eigenvalue weighted by molar-refractivity contribution is 5.18. The quantitative estimate of drug-likeness (QED) is 0.881. The lowest BCUT2D eigenvalue weighted by Gasteiger charge is -2.07. The van der Waals surface area contributed by atoms with E-state index in [1.165, 1.54) is 6.07 Å². The molecule has 2 aromatic rings. The molecule has 1 aromatic heterocycles. The number of aromatic nitrogens is 2. The minimum absolute atomic E-state index is 0.292. The molecule has 20 heavy (non-hydrogen) atoms. The predicted octanol–water partition coefficient (Wildman–Crippen LogP) is 3.03. The van der Waals surface area contributed by atoms with Gasteiger partial charge in [-0.25, -0.2) is 8.78 Å². The van der Waals surface area contributed by atoms with Crippen molar-refractivity contribution >= 4 is 0 Å². The summed E-state index contributed by atoms with van der Waals surface area (Å²) in [6, 6.07) is 5.53. The summed E-state index contributed by atoms with van der Waals surface area (Å²) < 4.78 is 28.5. The Kier molecular flexibility index (Phi) is 4.84. The lowest BCUT2D eigenvalue weighted by molar-refractivity contribution is 0.551. The Morgan fingerprint density at radius 3 is 2.65 bits per heavy atom. The predicted molar refractivity (Wildman–Crippen MR) is 74.2 cm³/mol. The van der Waals surface area contributed by atoms with Crippen molar-refractivity contribution in [2.45, 2.75) is 39.9 Å². The Hall–Kier alpha value is -1.75. The van der Waals surface area contributed by atoms with Crippen LogP contribution in [-0.4, -0.2) is 9.78 Å². The van der Waals surface area contributed by atoms with Crippen molar-refractivity contribution in [3.8, 4) is 0 Å². The molecule has 3 nitrogen and oxygen atoms in total. The van der Waals surface area contributed by atoms with E-state index in [9.17, 15) is 8.78 Å². The van der Waals surface area contributed by atoms with E-state index in [1.54, 1.807) is 0 Å². The van der Waals surface area contributed by atoms with Gasteiger partial charge < -0.3 is 5.32 Å². The number of aryl methyl sites for hydroxylation is 2. The molecule has 108 valence electrons. The van der Waals surface area contributed by atoms with Gasteiger partial charge in [-0.1, -0.05) is 6.92 Å². The fraction of sp³-hybridized carbons (Fsp3) is 0.400. The van der Waals surface area contributed by atoms with E-state index >= 15 is 0 Å². The molecule has 0 radical (unpaired) electrons. The Morgan fingerprint density at radius 2 is 1.95 bits per heavy atom. The largest absolute Gasteiger partial charge is 0.307 e. The molecule has 0 fully saturated rings. The first kappa shape index (κ1) is 14.7. The van der Waals surface area contributed by atoms with E-state index in [-0.39, 0.29) is 0 Å². The van der Waals surface area contributed by atoms with Gasteiger partial charge in [0.1, 0.15) is 11.6 Å². The van der Waals surface area contributed by atoms with Gasteiger partial charge in [-0.3, -0.25) is 4.68 Å². The number of benzene rings is 1. The molecule has 0 bridgehead atoms. The zero-order chi connectivity index (χ0) is 14.5. The second kappa shape index (κ2) is 6.61. The maximum atomic E-state index is 13.5. The molecule has 2 rings (SSSR count). The van der Waals surface area contributed by atoms with Crippen LogP contribution in [0.3, 0.4) is 0 Å². The molecule has 5 heteroatoms. The molecule has 0 amide bonds. The maximum absolute atomic E-state index is 13.5. The summed E-state index contributed by atoms with van der Waals surface area (Å²) in [5.41, 5.74) is 2.44. The first-order valence-corrected chi connectivity index (χ1v) is 6.84. The van der Waals surface area contributed by atoms with Crippen LogP contribution in [0.5, 0.6) is 0 Å². The van der Waals surface area contributed by atoms with Gasteiger partial charge in [0.2, 0.25) is 0 Å². The van der Waals surface area contributed by atoms with Gasteiger partial charge in [0.15, 0.2) is 0 Å². The van der Waals surface area contributed by atoms with Crippen LogP contribution in [0, 0.1) is 11.6 Å². The van der Waals surface area contributed by atoms with Crippen LogP contribution in [0.2, 0.25) is 0 Å². The van der Waals surface area contributed by atoms with Crippen molar-refractivity contribution in [3.05, 3.63) is 52.9 Å². The topological polar surface area (TPSA) is 29.9 Å². The summed E-state index contributed by atoms with van der Waals surface area (Å²) in [6.07, 6.45) is 0.887. The maximum Gasteiger partial charge on any atom is 0.127 e. The third-order valence-corrected chi connectivity index (χ3v) is 3.21. The molecule has 1 heterocycles. The van der Waals surface area contributed by atoms with E-state index in [2.05, 4.69) is 17.3 Å². The van der Waals surface area contributed by atoms with Gasteiger partial charge in [-0.2, -0.15) is 5.10 Å². The fourth-order valence-corrected chi connectivity index (χ4v) is 2.11. The van der Waals surface area contributed by atoms with E-state index in [0.717, 1.165) is 36.5 Å². The van der Waals surface area contributed by atoms with Crippen molar-refractivity contribution in [1.82, 2.24) is 15.1 Å². The summed E-state index contributed by atoms with van der Waals surface area (Å²) in [4.78, 5) is 0. The average Bonchev–Trinajstić information content (AvgIpc) is 2.85. The number of hydrogen-bond donors (Lipinski definition) is 1. The van der Waals surface area contributed by atoms with Crippen molar-refractivity contribution in [2.75, 3.05) is 0 Å². The van der Waals surface area contributed by atoms with Crippen LogP contribution in [0.1, 0.15) is 30.8 Å².